The Hall–Kier alpha value is -2.12. The molecule has 0 saturated carbocycles. The fraction of sp³-hybridized carbons (Fsp3) is 0.214. The highest BCUT2D eigenvalue weighted by atomic mass is 35.5. The van der Waals surface area contributed by atoms with Gasteiger partial charge in [0.15, 0.2) is 5.78 Å². The molecule has 0 saturated heterocycles. The number of carboxylic acid groups (broad SMARTS) is 1. The van der Waals surface area contributed by atoms with E-state index in [-0.39, 0.29) is 24.5 Å². The van der Waals surface area contributed by atoms with Crippen LogP contribution in [0.25, 0.3) is 6.08 Å². The summed E-state index contributed by atoms with van der Waals surface area (Å²) in [7, 11) is 0. The summed E-state index contributed by atoms with van der Waals surface area (Å²) in [5, 5.41) is 17.3. The second-order valence-electron chi connectivity index (χ2n) is 3.89. The number of rotatable bonds is 6. The first kappa shape index (κ1) is 14.9. The van der Waals surface area contributed by atoms with Crippen molar-refractivity contribution in [3.05, 3.63) is 41.0 Å². The number of benzene rings is 1. The van der Waals surface area contributed by atoms with Crippen LogP contribution >= 0.6 is 11.6 Å². The Morgan fingerprint density at radius 1 is 1.42 bits per heavy atom. The molecule has 4 nitrogen and oxygen atoms in total. The minimum atomic E-state index is -1.07. The predicted molar refractivity (Wildman–Crippen MR) is 71.9 cm³/mol. The Morgan fingerprint density at radius 2 is 2.16 bits per heavy atom. The SMILES string of the molecule is N#CCc1ccc(CC(=O)CCl)c(/C=C/C(=O)O)c1. The number of Topliss-reactive ketones (excluding diaryl/α,β-unsaturated/α-hetero) is 1. The van der Waals surface area contributed by atoms with Gasteiger partial charge in [-0.25, -0.2) is 4.79 Å². The van der Waals surface area contributed by atoms with Crippen LogP contribution in [0.15, 0.2) is 24.3 Å². The first-order valence-corrected chi connectivity index (χ1v) is 6.07. The number of nitrogens with zero attached hydrogens (tertiary/aromatic N) is 1. The van der Waals surface area contributed by atoms with Crippen molar-refractivity contribution in [1.29, 1.82) is 5.26 Å². The molecule has 0 aromatic heterocycles. The third-order valence-corrected chi connectivity index (χ3v) is 2.73. The van der Waals surface area contributed by atoms with Crippen LogP contribution in [0.2, 0.25) is 0 Å². The first-order valence-electron chi connectivity index (χ1n) is 5.54. The van der Waals surface area contributed by atoms with Gasteiger partial charge in [-0.05, 0) is 22.8 Å². The summed E-state index contributed by atoms with van der Waals surface area (Å²) in [6, 6.07) is 7.20. The van der Waals surface area contributed by atoms with Crippen molar-refractivity contribution in [2.75, 3.05) is 5.88 Å². The van der Waals surface area contributed by atoms with Gasteiger partial charge in [0.05, 0.1) is 18.4 Å². The van der Waals surface area contributed by atoms with Gasteiger partial charge in [0.25, 0.3) is 0 Å². The number of carbonyl (C=O) groups is 2. The predicted octanol–water partition coefficient (Wildman–Crippen LogP) is 2.20. The van der Waals surface area contributed by atoms with Crippen LogP contribution in [-0.4, -0.2) is 22.7 Å². The van der Waals surface area contributed by atoms with E-state index in [0.29, 0.717) is 11.1 Å². The lowest BCUT2D eigenvalue weighted by Crippen LogP contribution is -2.05. The molecule has 0 heterocycles. The summed E-state index contributed by atoms with van der Waals surface area (Å²) < 4.78 is 0. The third kappa shape index (κ3) is 4.94. The van der Waals surface area contributed by atoms with E-state index in [4.69, 9.17) is 22.0 Å². The molecule has 98 valence electrons. The van der Waals surface area contributed by atoms with Crippen LogP contribution in [0.5, 0.6) is 0 Å². The first-order chi connectivity index (χ1) is 9.06. The topological polar surface area (TPSA) is 78.2 Å². The molecule has 1 aromatic rings. The van der Waals surface area contributed by atoms with Crippen LogP contribution in [0.4, 0.5) is 0 Å². The van der Waals surface area contributed by atoms with Gasteiger partial charge in [-0.15, -0.1) is 11.6 Å². The van der Waals surface area contributed by atoms with Crippen molar-refractivity contribution in [2.24, 2.45) is 0 Å². The number of carboxylic acids is 1. The fourth-order valence-corrected chi connectivity index (χ4v) is 1.68. The monoisotopic (exact) mass is 277 g/mol. The number of carbonyl (C=O) groups excluding carboxylic acids is 1. The van der Waals surface area contributed by atoms with Gasteiger partial charge in [0.2, 0.25) is 0 Å². The summed E-state index contributed by atoms with van der Waals surface area (Å²) in [5.74, 6) is -1.29. The summed E-state index contributed by atoms with van der Waals surface area (Å²) in [6.07, 6.45) is 2.80. The smallest absolute Gasteiger partial charge is 0.328 e. The zero-order valence-corrected chi connectivity index (χ0v) is 10.9. The van der Waals surface area contributed by atoms with Gasteiger partial charge < -0.3 is 5.11 Å². The Morgan fingerprint density at radius 3 is 2.74 bits per heavy atom. The Kier molecular flexibility index (Phi) is 5.77. The number of nitriles is 1. The summed E-state index contributed by atoms with van der Waals surface area (Å²) in [4.78, 5) is 21.9. The van der Waals surface area contributed by atoms with E-state index < -0.39 is 5.97 Å². The maximum Gasteiger partial charge on any atom is 0.328 e. The van der Waals surface area contributed by atoms with Crippen molar-refractivity contribution in [1.82, 2.24) is 0 Å². The van der Waals surface area contributed by atoms with Crippen LogP contribution in [0.1, 0.15) is 16.7 Å². The number of aliphatic carboxylic acids is 1. The molecule has 0 atom stereocenters. The molecule has 1 aromatic carbocycles. The van der Waals surface area contributed by atoms with E-state index in [0.717, 1.165) is 11.6 Å². The number of hydrogen-bond acceptors (Lipinski definition) is 3. The molecule has 0 fully saturated rings. The minimum Gasteiger partial charge on any atom is -0.478 e. The molecule has 0 unspecified atom stereocenters. The van der Waals surface area contributed by atoms with Crippen LogP contribution in [-0.2, 0) is 22.4 Å². The summed E-state index contributed by atoms with van der Waals surface area (Å²) in [6.45, 7) is 0. The van der Waals surface area contributed by atoms with Crippen molar-refractivity contribution < 1.29 is 14.7 Å². The van der Waals surface area contributed by atoms with E-state index in [2.05, 4.69) is 0 Å². The molecule has 5 heteroatoms. The maximum atomic E-state index is 11.4. The van der Waals surface area contributed by atoms with Crippen LogP contribution < -0.4 is 0 Å². The molecule has 0 aliphatic rings. The lowest BCUT2D eigenvalue weighted by molar-refractivity contribution is -0.131. The second kappa shape index (κ2) is 7.34. The molecule has 19 heavy (non-hydrogen) atoms. The van der Waals surface area contributed by atoms with Gasteiger partial charge in [-0.2, -0.15) is 5.26 Å². The quantitative estimate of drug-likeness (QED) is 0.639. The van der Waals surface area contributed by atoms with E-state index in [1.807, 2.05) is 6.07 Å². The second-order valence-corrected chi connectivity index (χ2v) is 4.16. The molecule has 0 amide bonds. The zero-order chi connectivity index (χ0) is 14.3. The molecular formula is C14H12ClNO3. The van der Waals surface area contributed by atoms with Gasteiger partial charge >= 0.3 is 5.97 Å². The molecule has 1 rings (SSSR count). The van der Waals surface area contributed by atoms with Crippen molar-refractivity contribution in [3.8, 4) is 6.07 Å². The average Bonchev–Trinajstić information content (AvgIpc) is 2.38. The summed E-state index contributed by atoms with van der Waals surface area (Å²) >= 11 is 5.46. The molecule has 1 N–H and O–H groups in total. The van der Waals surface area contributed by atoms with Crippen LogP contribution in [0.3, 0.4) is 0 Å². The van der Waals surface area contributed by atoms with Crippen molar-refractivity contribution in [3.63, 3.8) is 0 Å². The Bertz CT molecular complexity index is 558. The van der Waals surface area contributed by atoms with Gasteiger partial charge in [-0.3, -0.25) is 4.79 Å². The third-order valence-electron chi connectivity index (χ3n) is 2.44. The number of ketones is 1. The lowest BCUT2D eigenvalue weighted by atomic mass is 9.98. The number of hydrogen-bond donors (Lipinski definition) is 1. The lowest BCUT2D eigenvalue weighted by Gasteiger charge is -2.06. The Labute approximate surface area is 115 Å². The van der Waals surface area contributed by atoms with Gasteiger partial charge in [-0.1, -0.05) is 18.2 Å². The van der Waals surface area contributed by atoms with E-state index in [1.165, 1.54) is 6.08 Å². The number of halogens is 1. The zero-order valence-electron chi connectivity index (χ0n) is 10.1. The van der Waals surface area contributed by atoms with E-state index in [1.54, 1.807) is 18.2 Å². The molecular weight excluding hydrogens is 266 g/mol. The molecule has 0 radical (unpaired) electrons. The molecule has 0 spiro atoms. The largest absolute Gasteiger partial charge is 0.478 e. The standard InChI is InChI=1S/C14H12ClNO3/c15-9-13(17)8-12-2-1-10(5-6-16)7-11(12)3-4-14(18)19/h1-4,7H,5,8-9H2,(H,18,19)/b4-3+. The Balaban J connectivity index is 3.11. The summed E-state index contributed by atoms with van der Waals surface area (Å²) in [5.41, 5.74) is 2.09. The normalized spacial score (nSPS) is 10.3. The fourth-order valence-electron chi connectivity index (χ4n) is 1.58. The van der Waals surface area contributed by atoms with Gasteiger partial charge in [0, 0.05) is 12.5 Å². The highest BCUT2D eigenvalue weighted by Gasteiger charge is 2.07. The molecule has 0 aliphatic heterocycles. The van der Waals surface area contributed by atoms with Crippen molar-refractivity contribution >= 4 is 29.4 Å². The van der Waals surface area contributed by atoms with Gasteiger partial charge in [0.1, 0.15) is 0 Å². The van der Waals surface area contributed by atoms with Crippen molar-refractivity contribution in [2.45, 2.75) is 12.8 Å². The highest BCUT2D eigenvalue weighted by Crippen LogP contribution is 2.16. The molecule has 0 bridgehead atoms. The average molecular weight is 278 g/mol. The minimum absolute atomic E-state index is 0.0813. The maximum absolute atomic E-state index is 11.4. The molecule has 0 aliphatic carbocycles. The number of alkyl halides is 1. The van der Waals surface area contributed by atoms with E-state index >= 15 is 0 Å². The van der Waals surface area contributed by atoms with Crippen LogP contribution in [0, 0.1) is 11.3 Å². The van der Waals surface area contributed by atoms with E-state index in [9.17, 15) is 9.59 Å². The highest BCUT2D eigenvalue weighted by molar-refractivity contribution is 6.27.